The highest BCUT2D eigenvalue weighted by molar-refractivity contribution is 7.99. The van der Waals surface area contributed by atoms with Crippen LogP contribution in [-0.4, -0.2) is 0 Å². The van der Waals surface area contributed by atoms with Gasteiger partial charge in [0.05, 0.1) is 0 Å². The third kappa shape index (κ3) is 4.71. The normalized spacial score (nSPS) is 11.7. The van der Waals surface area contributed by atoms with E-state index in [1.165, 1.54) is 65.4 Å². The summed E-state index contributed by atoms with van der Waals surface area (Å²) in [5.41, 5.74) is 13.6. The summed E-state index contributed by atoms with van der Waals surface area (Å²) >= 11 is 1.81. The van der Waals surface area contributed by atoms with Gasteiger partial charge >= 0.3 is 0 Å². The lowest BCUT2D eigenvalue weighted by atomic mass is 9.83. The van der Waals surface area contributed by atoms with Gasteiger partial charge in [0, 0.05) is 9.79 Å². The lowest BCUT2D eigenvalue weighted by Gasteiger charge is -2.21. The molecule has 1 aliphatic rings. The van der Waals surface area contributed by atoms with Crippen LogP contribution in [0.1, 0.15) is 22.3 Å². The molecule has 0 radical (unpaired) electrons. The zero-order valence-electron chi connectivity index (χ0n) is 21.7. The average Bonchev–Trinajstić information content (AvgIpc) is 3.38. The second-order valence-electron chi connectivity index (χ2n) is 10.1. The highest BCUT2D eigenvalue weighted by Crippen LogP contribution is 2.47. The number of benzene rings is 6. The van der Waals surface area contributed by atoms with E-state index in [-0.39, 0.29) is 0 Å². The SMILES string of the molecule is c1ccc(Sc2ccc(Cc3c4c(cc(-c5ccccc5)c3-c3ccccc3)-c3ccccc3C4)cc2)cc1. The second-order valence-corrected chi connectivity index (χ2v) is 11.3. The van der Waals surface area contributed by atoms with Crippen LogP contribution in [0.4, 0.5) is 0 Å². The van der Waals surface area contributed by atoms with E-state index in [0.717, 1.165) is 12.8 Å². The first-order valence-electron chi connectivity index (χ1n) is 13.5. The third-order valence-electron chi connectivity index (χ3n) is 7.65. The van der Waals surface area contributed by atoms with E-state index < -0.39 is 0 Å². The molecule has 0 saturated heterocycles. The van der Waals surface area contributed by atoms with Crippen molar-refractivity contribution in [1.29, 1.82) is 0 Å². The molecular formula is C38H28S. The van der Waals surface area contributed by atoms with Crippen LogP contribution in [0.15, 0.2) is 155 Å². The summed E-state index contributed by atoms with van der Waals surface area (Å²) in [6.07, 6.45) is 1.88. The second kappa shape index (κ2) is 10.4. The van der Waals surface area contributed by atoms with E-state index >= 15 is 0 Å². The summed E-state index contributed by atoms with van der Waals surface area (Å²) in [5.74, 6) is 0. The molecule has 0 aliphatic heterocycles. The monoisotopic (exact) mass is 516 g/mol. The zero-order chi connectivity index (χ0) is 26.0. The molecule has 6 aromatic rings. The predicted molar refractivity (Wildman–Crippen MR) is 165 cm³/mol. The molecule has 0 bridgehead atoms. The molecule has 0 fully saturated rings. The molecule has 6 aromatic carbocycles. The van der Waals surface area contributed by atoms with Gasteiger partial charge in [-0.05, 0) is 98.8 Å². The number of rotatable bonds is 6. The molecule has 1 heteroatoms. The van der Waals surface area contributed by atoms with Crippen molar-refractivity contribution >= 4 is 11.8 Å². The summed E-state index contributed by atoms with van der Waals surface area (Å²) in [6.45, 7) is 0. The summed E-state index contributed by atoms with van der Waals surface area (Å²) < 4.78 is 0. The van der Waals surface area contributed by atoms with Crippen molar-refractivity contribution in [3.05, 3.63) is 168 Å². The van der Waals surface area contributed by atoms with Gasteiger partial charge in [0.2, 0.25) is 0 Å². The smallest absolute Gasteiger partial charge is 0.0122 e. The molecule has 0 spiro atoms. The molecule has 39 heavy (non-hydrogen) atoms. The van der Waals surface area contributed by atoms with Crippen molar-refractivity contribution in [2.45, 2.75) is 22.6 Å². The molecule has 0 saturated carbocycles. The van der Waals surface area contributed by atoms with E-state index in [2.05, 4.69) is 146 Å². The van der Waals surface area contributed by atoms with Crippen molar-refractivity contribution in [3.8, 4) is 33.4 Å². The zero-order valence-corrected chi connectivity index (χ0v) is 22.5. The molecule has 0 atom stereocenters. The summed E-state index contributed by atoms with van der Waals surface area (Å²) in [4.78, 5) is 2.53. The van der Waals surface area contributed by atoms with Crippen molar-refractivity contribution in [2.75, 3.05) is 0 Å². The lowest BCUT2D eigenvalue weighted by molar-refractivity contribution is 1.12. The van der Waals surface area contributed by atoms with Gasteiger partial charge < -0.3 is 0 Å². The van der Waals surface area contributed by atoms with Gasteiger partial charge in [-0.25, -0.2) is 0 Å². The fraction of sp³-hybridized carbons (Fsp3) is 0.0526. The van der Waals surface area contributed by atoms with Crippen LogP contribution in [0.5, 0.6) is 0 Å². The van der Waals surface area contributed by atoms with Crippen LogP contribution in [0.25, 0.3) is 33.4 Å². The minimum Gasteiger partial charge on any atom is -0.0901 e. The number of hydrogen-bond acceptors (Lipinski definition) is 1. The highest BCUT2D eigenvalue weighted by atomic mass is 32.2. The van der Waals surface area contributed by atoms with Crippen LogP contribution >= 0.6 is 11.8 Å². The molecule has 0 aromatic heterocycles. The molecule has 0 amide bonds. The molecule has 186 valence electrons. The van der Waals surface area contributed by atoms with Crippen molar-refractivity contribution in [2.24, 2.45) is 0 Å². The Bertz CT molecular complexity index is 1740. The van der Waals surface area contributed by atoms with E-state index in [1.54, 1.807) is 0 Å². The molecule has 0 unspecified atom stereocenters. The van der Waals surface area contributed by atoms with Gasteiger partial charge in [0.25, 0.3) is 0 Å². The largest absolute Gasteiger partial charge is 0.0901 e. The Morgan fingerprint density at radius 3 is 1.79 bits per heavy atom. The maximum Gasteiger partial charge on any atom is 0.0122 e. The fourth-order valence-electron chi connectivity index (χ4n) is 5.83. The summed E-state index contributed by atoms with van der Waals surface area (Å²) in [5, 5.41) is 0. The van der Waals surface area contributed by atoms with Crippen molar-refractivity contribution in [3.63, 3.8) is 0 Å². The van der Waals surface area contributed by atoms with E-state index in [0.29, 0.717) is 0 Å². The quantitative estimate of drug-likeness (QED) is 0.212. The van der Waals surface area contributed by atoms with Gasteiger partial charge in [-0.15, -0.1) is 0 Å². The van der Waals surface area contributed by atoms with Crippen LogP contribution in [0.2, 0.25) is 0 Å². The topological polar surface area (TPSA) is 0 Å². The maximum absolute atomic E-state index is 2.45. The molecule has 0 N–H and O–H groups in total. The summed E-state index contributed by atoms with van der Waals surface area (Å²) in [7, 11) is 0. The van der Waals surface area contributed by atoms with Gasteiger partial charge in [-0.3, -0.25) is 0 Å². The number of hydrogen-bond donors (Lipinski definition) is 0. The molecular weight excluding hydrogens is 488 g/mol. The van der Waals surface area contributed by atoms with Crippen molar-refractivity contribution < 1.29 is 0 Å². The highest BCUT2D eigenvalue weighted by Gasteiger charge is 2.26. The Morgan fingerprint density at radius 2 is 1.08 bits per heavy atom. The Labute approximate surface area is 235 Å². The summed E-state index contributed by atoms with van der Waals surface area (Å²) in [6, 6.07) is 53.0. The van der Waals surface area contributed by atoms with Crippen LogP contribution in [0, 0.1) is 0 Å². The van der Waals surface area contributed by atoms with Gasteiger partial charge in [0.1, 0.15) is 0 Å². The Kier molecular flexibility index (Phi) is 6.36. The van der Waals surface area contributed by atoms with Crippen LogP contribution < -0.4 is 0 Å². The van der Waals surface area contributed by atoms with Crippen LogP contribution in [0.3, 0.4) is 0 Å². The number of fused-ring (bicyclic) bond motifs is 3. The third-order valence-corrected chi connectivity index (χ3v) is 8.67. The first-order valence-corrected chi connectivity index (χ1v) is 14.3. The Hall–Kier alpha value is -4.33. The lowest BCUT2D eigenvalue weighted by Crippen LogP contribution is -2.01. The Morgan fingerprint density at radius 1 is 0.487 bits per heavy atom. The minimum atomic E-state index is 0.900. The predicted octanol–water partition coefficient (Wildman–Crippen LogP) is 10.3. The minimum absolute atomic E-state index is 0.900. The molecule has 0 nitrogen and oxygen atoms in total. The van der Waals surface area contributed by atoms with Crippen LogP contribution in [-0.2, 0) is 12.8 Å². The van der Waals surface area contributed by atoms with Gasteiger partial charge in [-0.1, -0.05) is 127 Å². The van der Waals surface area contributed by atoms with E-state index in [4.69, 9.17) is 0 Å². The molecule has 7 rings (SSSR count). The standard InChI is InChI=1S/C38H28S/c1-4-12-28(13-5-1)34-26-36-33-19-11-10-16-30(33)25-35(36)37(38(34)29-14-6-2-7-15-29)24-27-20-22-32(23-21-27)39-31-17-8-3-9-18-31/h1-23,26H,24-25H2. The first-order chi connectivity index (χ1) is 19.3. The molecule has 1 aliphatic carbocycles. The maximum atomic E-state index is 2.45. The van der Waals surface area contributed by atoms with Gasteiger partial charge in [0.15, 0.2) is 0 Å². The molecule has 0 heterocycles. The average molecular weight is 517 g/mol. The van der Waals surface area contributed by atoms with E-state index in [9.17, 15) is 0 Å². The van der Waals surface area contributed by atoms with E-state index in [1.807, 2.05) is 11.8 Å². The van der Waals surface area contributed by atoms with Crippen molar-refractivity contribution in [1.82, 2.24) is 0 Å². The Balaban J connectivity index is 1.38. The van der Waals surface area contributed by atoms with Gasteiger partial charge in [-0.2, -0.15) is 0 Å². The fourth-order valence-corrected chi connectivity index (χ4v) is 6.67. The first kappa shape index (κ1) is 23.8.